The van der Waals surface area contributed by atoms with Crippen molar-refractivity contribution in [3.8, 4) is 0 Å². The molecule has 132 valence electrons. The summed E-state index contributed by atoms with van der Waals surface area (Å²) in [6.07, 6.45) is 4.95. The van der Waals surface area contributed by atoms with E-state index in [0.29, 0.717) is 16.4 Å². The summed E-state index contributed by atoms with van der Waals surface area (Å²) in [5, 5.41) is 0.603. The number of allylic oxidation sites excluding steroid dienone is 1. The van der Waals surface area contributed by atoms with Crippen molar-refractivity contribution in [3.05, 3.63) is 81.6 Å². The number of carbonyl (C=O) groups is 1. The summed E-state index contributed by atoms with van der Waals surface area (Å²) in [4.78, 5) is 17.3. The van der Waals surface area contributed by atoms with Gasteiger partial charge in [-0.25, -0.2) is 0 Å². The van der Waals surface area contributed by atoms with Gasteiger partial charge >= 0.3 is 0 Å². The lowest BCUT2D eigenvalue weighted by Crippen LogP contribution is -2.15. The fraction of sp³-hybridized carbons (Fsp3) is 0.143. The van der Waals surface area contributed by atoms with Crippen LogP contribution in [-0.2, 0) is 11.3 Å². The predicted molar refractivity (Wildman–Crippen MR) is 111 cm³/mol. The average Bonchev–Trinajstić information content (AvgIpc) is 2.92. The van der Waals surface area contributed by atoms with E-state index in [0.717, 1.165) is 15.8 Å². The third-order valence-electron chi connectivity index (χ3n) is 3.94. The Kier molecular flexibility index (Phi) is 5.55. The minimum atomic E-state index is -0.316. The van der Waals surface area contributed by atoms with Gasteiger partial charge in [0.2, 0.25) is 0 Å². The van der Waals surface area contributed by atoms with Gasteiger partial charge in [0, 0.05) is 17.6 Å². The van der Waals surface area contributed by atoms with Crippen LogP contribution in [0.25, 0.3) is 16.3 Å². The Morgan fingerprint density at radius 1 is 1.31 bits per heavy atom. The second-order valence-corrected chi connectivity index (χ2v) is 7.40. The first-order valence-electron chi connectivity index (χ1n) is 8.22. The first-order valence-corrected chi connectivity index (χ1v) is 9.42. The zero-order valence-corrected chi connectivity index (χ0v) is 16.3. The van der Waals surface area contributed by atoms with Crippen LogP contribution in [-0.4, -0.2) is 10.5 Å². The quantitative estimate of drug-likeness (QED) is 0.445. The van der Waals surface area contributed by atoms with E-state index in [9.17, 15) is 4.79 Å². The van der Waals surface area contributed by atoms with Crippen LogP contribution in [0, 0.1) is 13.8 Å². The summed E-state index contributed by atoms with van der Waals surface area (Å²) in [6.45, 7) is 8.56. The van der Waals surface area contributed by atoms with E-state index in [-0.39, 0.29) is 5.91 Å². The van der Waals surface area contributed by atoms with Crippen molar-refractivity contribution in [2.75, 3.05) is 0 Å². The van der Waals surface area contributed by atoms with E-state index in [1.807, 2.05) is 28.8 Å². The van der Waals surface area contributed by atoms with E-state index in [2.05, 4.69) is 37.6 Å². The zero-order chi connectivity index (χ0) is 18.7. The Hall–Kier alpha value is -2.43. The minimum Gasteiger partial charge on any atom is -0.312 e. The van der Waals surface area contributed by atoms with Gasteiger partial charge in [-0.1, -0.05) is 53.3 Å². The van der Waals surface area contributed by atoms with Crippen molar-refractivity contribution in [2.24, 2.45) is 4.99 Å². The molecule has 0 saturated heterocycles. The number of hydrogen-bond acceptors (Lipinski definition) is 2. The van der Waals surface area contributed by atoms with Crippen molar-refractivity contribution in [1.29, 1.82) is 0 Å². The molecule has 3 rings (SSSR count). The Balaban J connectivity index is 2.04. The lowest BCUT2D eigenvalue weighted by molar-refractivity contribution is -0.113. The zero-order valence-electron chi connectivity index (χ0n) is 14.7. The number of aryl methyl sites for hydroxylation is 2. The first-order chi connectivity index (χ1) is 12.5. The summed E-state index contributed by atoms with van der Waals surface area (Å²) in [5.41, 5.74) is 4.24. The largest absolute Gasteiger partial charge is 0.312 e. The molecule has 0 aliphatic rings. The molecule has 26 heavy (non-hydrogen) atoms. The Morgan fingerprint density at radius 2 is 2.08 bits per heavy atom. The lowest BCUT2D eigenvalue weighted by Gasteiger charge is -2.03. The highest BCUT2D eigenvalue weighted by Crippen LogP contribution is 2.23. The van der Waals surface area contributed by atoms with Crippen molar-refractivity contribution in [3.63, 3.8) is 0 Å². The molecule has 3 aromatic rings. The summed E-state index contributed by atoms with van der Waals surface area (Å²) >= 11 is 7.63. The highest BCUT2D eigenvalue weighted by atomic mass is 35.5. The molecule has 0 atom stereocenters. The van der Waals surface area contributed by atoms with E-state index >= 15 is 0 Å². The topological polar surface area (TPSA) is 34.4 Å². The number of halogens is 1. The first kappa shape index (κ1) is 18.4. The number of aromatic nitrogens is 1. The van der Waals surface area contributed by atoms with Crippen LogP contribution in [0.4, 0.5) is 0 Å². The molecule has 0 bridgehead atoms. The molecule has 5 heteroatoms. The predicted octanol–water partition coefficient (Wildman–Crippen LogP) is 5.30. The standard InChI is InChI=1S/C21H19ClN2OS/c1-4-11-24-18-13-14(2)12-15(3)20(18)26-21(24)23-19(25)10-9-16-7-5-6-8-17(16)22/h4-10,12-13H,1,11H2,2-3H3/b10-9+,23-21?. The molecule has 1 heterocycles. The molecular formula is C21H19ClN2OS. The second kappa shape index (κ2) is 7.85. The highest BCUT2D eigenvalue weighted by Gasteiger charge is 2.09. The molecule has 0 N–H and O–H groups in total. The molecule has 3 nitrogen and oxygen atoms in total. The third-order valence-corrected chi connectivity index (χ3v) is 5.52. The van der Waals surface area contributed by atoms with Gasteiger partial charge in [0.1, 0.15) is 0 Å². The molecular weight excluding hydrogens is 364 g/mol. The fourth-order valence-corrected chi connectivity index (χ4v) is 4.10. The van der Waals surface area contributed by atoms with Crippen molar-refractivity contribution in [2.45, 2.75) is 20.4 Å². The molecule has 0 spiro atoms. The van der Waals surface area contributed by atoms with Gasteiger partial charge in [-0.2, -0.15) is 4.99 Å². The van der Waals surface area contributed by atoms with Gasteiger partial charge in [-0.05, 0) is 48.7 Å². The van der Waals surface area contributed by atoms with Gasteiger partial charge in [0.15, 0.2) is 4.80 Å². The van der Waals surface area contributed by atoms with Crippen molar-refractivity contribution >= 4 is 45.1 Å². The normalized spacial score (nSPS) is 12.2. The van der Waals surface area contributed by atoms with E-state index < -0.39 is 0 Å². The van der Waals surface area contributed by atoms with Gasteiger partial charge in [0.25, 0.3) is 5.91 Å². The van der Waals surface area contributed by atoms with Gasteiger partial charge in [0.05, 0.1) is 10.2 Å². The van der Waals surface area contributed by atoms with Crippen molar-refractivity contribution < 1.29 is 4.79 Å². The number of thiazole rings is 1. The molecule has 0 fully saturated rings. The van der Waals surface area contributed by atoms with Crippen LogP contribution < -0.4 is 4.80 Å². The number of rotatable bonds is 4. The van der Waals surface area contributed by atoms with E-state index in [1.165, 1.54) is 28.5 Å². The summed E-state index contributed by atoms with van der Waals surface area (Å²) < 4.78 is 3.16. The molecule has 0 aliphatic carbocycles. The number of amides is 1. The fourth-order valence-electron chi connectivity index (χ4n) is 2.81. The van der Waals surface area contributed by atoms with E-state index in [1.54, 1.807) is 12.1 Å². The molecule has 1 aromatic heterocycles. The average molecular weight is 383 g/mol. The summed E-state index contributed by atoms with van der Waals surface area (Å²) in [6, 6.07) is 11.6. The van der Waals surface area contributed by atoms with Crippen LogP contribution in [0.5, 0.6) is 0 Å². The second-order valence-electron chi connectivity index (χ2n) is 6.02. The van der Waals surface area contributed by atoms with Crippen LogP contribution in [0.1, 0.15) is 16.7 Å². The third kappa shape index (κ3) is 3.87. The number of fused-ring (bicyclic) bond motifs is 1. The van der Waals surface area contributed by atoms with Crippen LogP contribution in [0.15, 0.2) is 60.1 Å². The number of carbonyl (C=O) groups excluding carboxylic acids is 1. The summed E-state index contributed by atoms with van der Waals surface area (Å²) in [5.74, 6) is -0.316. The maximum atomic E-state index is 12.4. The summed E-state index contributed by atoms with van der Waals surface area (Å²) in [7, 11) is 0. The maximum absolute atomic E-state index is 12.4. The SMILES string of the molecule is C=CCn1c(=NC(=O)/C=C/c2ccccc2Cl)sc2c(C)cc(C)cc21. The Morgan fingerprint density at radius 3 is 2.81 bits per heavy atom. The number of hydrogen-bond donors (Lipinski definition) is 0. The van der Waals surface area contributed by atoms with E-state index in [4.69, 9.17) is 11.6 Å². The number of nitrogens with zero attached hydrogens (tertiary/aromatic N) is 2. The Labute approximate surface area is 161 Å². The van der Waals surface area contributed by atoms with Crippen LogP contribution in [0.2, 0.25) is 5.02 Å². The van der Waals surface area contributed by atoms with Gasteiger partial charge < -0.3 is 4.57 Å². The minimum absolute atomic E-state index is 0.316. The number of benzene rings is 2. The molecule has 2 aromatic carbocycles. The molecule has 1 amide bonds. The molecule has 0 aliphatic heterocycles. The highest BCUT2D eigenvalue weighted by molar-refractivity contribution is 7.16. The maximum Gasteiger partial charge on any atom is 0.272 e. The van der Waals surface area contributed by atoms with Crippen LogP contribution in [0.3, 0.4) is 0 Å². The van der Waals surface area contributed by atoms with Crippen LogP contribution >= 0.6 is 22.9 Å². The lowest BCUT2D eigenvalue weighted by atomic mass is 10.1. The molecule has 0 radical (unpaired) electrons. The monoisotopic (exact) mass is 382 g/mol. The van der Waals surface area contributed by atoms with Crippen molar-refractivity contribution in [1.82, 2.24) is 4.57 Å². The van der Waals surface area contributed by atoms with Gasteiger partial charge in [-0.3, -0.25) is 4.79 Å². The Bertz CT molecular complexity index is 1090. The van der Waals surface area contributed by atoms with Gasteiger partial charge in [-0.15, -0.1) is 6.58 Å². The molecule has 0 unspecified atom stereocenters. The smallest absolute Gasteiger partial charge is 0.272 e. The molecule has 0 saturated carbocycles.